The van der Waals surface area contributed by atoms with Gasteiger partial charge in [-0.05, 0) is 49.0 Å². The van der Waals surface area contributed by atoms with E-state index in [1.165, 1.54) is 44.3 Å². The van der Waals surface area contributed by atoms with Gasteiger partial charge in [0, 0.05) is 50.0 Å². The number of carbonyl (C=O) groups excluding carboxylic acids is 1. The Balaban J connectivity index is 1.30. The normalized spacial score (nSPS) is 15.1. The average Bonchev–Trinajstić information content (AvgIpc) is 3.49. The Labute approximate surface area is 208 Å². The molecule has 0 radical (unpaired) electrons. The average molecular weight is 478 g/mol. The van der Waals surface area contributed by atoms with Gasteiger partial charge in [-0.15, -0.1) is 0 Å². The quantitative estimate of drug-likeness (QED) is 0.389. The Morgan fingerprint density at radius 1 is 0.971 bits per heavy atom. The summed E-state index contributed by atoms with van der Waals surface area (Å²) >= 11 is 0. The number of imidazole rings is 2. The monoisotopic (exact) mass is 477 g/mol. The minimum atomic E-state index is -0.0455. The van der Waals surface area contributed by atoms with Crippen LogP contribution in [0.15, 0.2) is 49.1 Å². The molecule has 0 aliphatic carbocycles. The first-order valence-corrected chi connectivity index (χ1v) is 12.8. The maximum absolute atomic E-state index is 13.3. The van der Waals surface area contributed by atoms with Crippen LogP contribution in [-0.2, 0) is 19.6 Å². The number of H-pyrrole nitrogens is 2. The molecule has 3 N–H and O–H groups in total. The van der Waals surface area contributed by atoms with Gasteiger partial charge < -0.3 is 25.1 Å². The Morgan fingerprint density at radius 2 is 1.57 bits per heavy atom. The number of nitrogens with zero attached hydrogens (tertiary/aromatic N) is 4. The van der Waals surface area contributed by atoms with Gasteiger partial charge in [-0.25, -0.2) is 9.97 Å². The first-order chi connectivity index (χ1) is 17.0. The molecule has 8 nitrogen and oxygen atoms in total. The smallest absolute Gasteiger partial charge is 0.254 e. The highest BCUT2D eigenvalue weighted by Gasteiger charge is 2.22. The molecule has 0 bridgehead atoms. The van der Waals surface area contributed by atoms with E-state index in [9.17, 15) is 4.79 Å². The number of amides is 1. The molecule has 1 aromatic carbocycles. The van der Waals surface area contributed by atoms with Crippen LogP contribution in [0.25, 0.3) is 0 Å². The molecular formula is C27H39N7O. The summed E-state index contributed by atoms with van der Waals surface area (Å²) in [6.07, 6.45) is 12.3. The predicted molar refractivity (Wildman–Crippen MR) is 138 cm³/mol. The van der Waals surface area contributed by atoms with Gasteiger partial charge in [0.25, 0.3) is 5.91 Å². The number of aromatic nitrogens is 4. The van der Waals surface area contributed by atoms with E-state index in [1.54, 1.807) is 29.7 Å². The third-order valence-corrected chi connectivity index (χ3v) is 6.56. The molecule has 1 aliphatic heterocycles. The lowest BCUT2D eigenvalue weighted by molar-refractivity contribution is 0.0721. The van der Waals surface area contributed by atoms with Gasteiger partial charge in [-0.3, -0.25) is 4.79 Å². The fourth-order valence-electron chi connectivity index (χ4n) is 4.78. The number of benzene rings is 1. The minimum absolute atomic E-state index is 0.0455. The SMILES string of the molecule is CC(C)(CNCc1ccc(C(=O)N(Cc2ncc[nH]2)Cc2ncc[nH]2)cc1)CN1CCCCCC1. The molecule has 35 heavy (non-hydrogen) atoms. The van der Waals surface area contributed by atoms with Crippen molar-refractivity contribution in [3.8, 4) is 0 Å². The van der Waals surface area contributed by atoms with Crippen molar-refractivity contribution in [2.75, 3.05) is 26.2 Å². The lowest BCUT2D eigenvalue weighted by Crippen LogP contribution is -2.40. The predicted octanol–water partition coefficient (Wildman–Crippen LogP) is 3.97. The van der Waals surface area contributed by atoms with Crippen LogP contribution in [0.3, 0.4) is 0 Å². The van der Waals surface area contributed by atoms with Crippen molar-refractivity contribution in [2.45, 2.75) is 59.2 Å². The van der Waals surface area contributed by atoms with Crippen LogP contribution >= 0.6 is 0 Å². The number of aromatic amines is 2. The van der Waals surface area contributed by atoms with Gasteiger partial charge in [-0.1, -0.05) is 38.8 Å². The maximum atomic E-state index is 13.3. The molecule has 1 fully saturated rings. The van der Waals surface area contributed by atoms with Crippen LogP contribution < -0.4 is 5.32 Å². The fraction of sp³-hybridized carbons (Fsp3) is 0.519. The van der Waals surface area contributed by atoms with Crippen LogP contribution in [0.5, 0.6) is 0 Å². The summed E-state index contributed by atoms with van der Waals surface area (Å²) in [5.41, 5.74) is 2.06. The summed E-state index contributed by atoms with van der Waals surface area (Å²) in [4.78, 5) is 32.4. The third kappa shape index (κ3) is 7.77. The first kappa shape index (κ1) is 25.1. The van der Waals surface area contributed by atoms with Crippen molar-refractivity contribution in [2.24, 2.45) is 5.41 Å². The highest BCUT2D eigenvalue weighted by molar-refractivity contribution is 5.94. The van der Waals surface area contributed by atoms with E-state index in [0.717, 1.165) is 31.3 Å². The van der Waals surface area contributed by atoms with Crippen LogP contribution in [0.1, 0.15) is 67.1 Å². The first-order valence-electron chi connectivity index (χ1n) is 12.8. The molecule has 8 heteroatoms. The second-order valence-corrected chi connectivity index (χ2v) is 10.4. The molecule has 0 saturated carbocycles. The summed E-state index contributed by atoms with van der Waals surface area (Å²) in [7, 11) is 0. The molecule has 4 rings (SSSR count). The van der Waals surface area contributed by atoms with E-state index >= 15 is 0 Å². The van der Waals surface area contributed by atoms with Crippen LogP contribution in [-0.4, -0.2) is 61.8 Å². The van der Waals surface area contributed by atoms with Crippen molar-refractivity contribution in [3.05, 3.63) is 71.8 Å². The number of hydrogen-bond acceptors (Lipinski definition) is 5. The molecule has 3 heterocycles. The van der Waals surface area contributed by atoms with Crippen molar-refractivity contribution in [1.29, 1.82) is 0 Å². The third-order valence-electron chi connectivity index (χ3n) is 6.56. The summed E-state index contributed by atoms with van der Waals surface area (Å²) in [6.45, 7) is 10.8. The molecule has 1 amide bonds. The fourth-order valence-corrected chi connectivity index (χ4v) is 4.78. The molecule has 0 atom stereocenters. The number of hydrogen-bond donors (Lipinski definition) is 3. The maximum Gasteiger partial charge on any atom is 0.254 e. The van der Waals surface area contributed by atoms with Gasteiger partial charge in [-0.2, -0.15) is 0 Å². The van der Waals surface area contributed by atoms with Crippen molar-refractivity contribution in [3.63, 3.8) is 0 Å². The number of nitrogens with one attached hydrogen (secondary N) is 3. The number of carbonyl (C=O) groups is 1. The number of likely N-dealkylation sites (tertiary alicyclic amines) is 1. The van der Waals surface area contributed by atoms with Crippen LogP contribution in [0.2, 0.25) is 0 Å². The van der Waals surface area contributed by atoms with E-state index in [2.05, 4.69) is 44.0 Å². The zero-order chi connectivity index (χ0) is 24.5. The highest BCUT2D eigenvalue weighted by atomic mass is 16.2. The van der Waals surface area contributed by atoms with E-state index in [1.807, 2.05) is 24.3 Å². The van der Waals surface area contributed by atoms with Crippen LogP contribution in [0, 0.1) is 5.41 Å². The summed E-state index contributed by atoms with van der Waals surface area (Å²) in [5.74, 6) is 1.44. The van der Waals surface area contributed by atoms with Gasteiger partial charge in [0.05, 0.1) is 13.1 Å². The second-order valence-electron chi connectivity index (χ2n) is 10.4. The molecule has 188 valence electrons. The molecule has 2 aromatic heterocycles. The standard InChI is InChI=1S/C27H39N7O/c1-27(2,21-33-15-5-3-4-6-16-33)20-28-17-22-7-9-23(10-8-22)26(35)34(18-24-29-11-12-30-24)19-25-31-13-14-32-25/h7-14,28H,3-6,15-21H2,1-2H3,(H,29,30)(H,31,32). The molecule has 1 saturated heterocycles. The lowest BCUT2D eigenvalue weighted by Gasteiger charge is -2.32. The second kappa shape index (κ2) is 12.1. The molecule has 0 unspecified atom stereocenters. The summed E-state index contributed by atoms with van der Waals surface area (Å²) < 4.78 is 0. The Kier molecular flexibility index (Phi) is 8.71. The summed E-state index contributed by atoms with van der Waals surface area (Å²) in [6, 6.07) is 7.91. The van der Waals surface area contributed by atoms with Gasteiger partial charge in [0.1, 0.15) is 11.6 Å². The zero-order valence-corrected chi connectivity index (χ0v) is 21.1. The van der Waals surface area contributed by atoms with Gasteiger partial charge in [0.2, 0.25) is 0 Å². The van der Waals surface area contributed by atoms with Crippen LogP contribution in [0.4, 0.5) is 0 Å². The topological polar surface area (TPSA) is 92.9 Å². The van der Waals surface area contributed by atoms with E-state index in [-0.39, 0.29) is 11.3 Å². The molecule has 1 aliphatic rings. The van der Waals surface area contributed by atoms with E-state index in [0.29, 0.717) is 18.7 Å². The Bertz CT molecular complexity index is 968. The minimum Gasteiger partial charge on any atom is -0.347 e. The van der Waals surface area contributed by atoms with Crippen molar-refractivity contribution < 1.29 is 4.79 Å². The van der Waals surface area contributed by atoms with Crippen molar-refractivity contribution >= 4 is 5.91 Å². The molecule has 3 aromatic rings. The largest absolute Gasteiger partial charge is 0.347 e. The molecule has 0 spiro atoms. The summed E-state index contributed by atoms with van der Waals surface area (Å²) in [5, 5.41) is 3.63. The Morgan fingerprint density at radius 3 is 2.11 bits per heavy atom. The van der Waals surface area contributed by atoms with Gasteiger partial charge in [0.15, 0.2) is 0 Å². The molecular weight excluding hydrogens is 438 g/mol. The zero-order valence-electron chi connectivity index (χ0n) is 21.1. The van der Waals surface area contributed by atoms with Gasteiger partial charge >= 0.3 is 0 Å². The van der Waals surface area contributed by atoms with Crippen molar-refractivity contribution in [1.82, 2.24) is 35.1 Å². The van der Waals surface area contributed by atoms with E-state index in [4.69, 9.17) is 0 Å². The Hall–Kier alpha value is -2.97. The lowest BCUT2D eigenvalue weighted by atomic mass is 9.92. The number of rotatable bonds is 11. The highest BCUT2D eigenvalue weighted by Crippen LogP contribution is 2.19. The van der Waals surface area contributed by atoms with E-state index < -0.39 is 0 Å².